The highest BCUT2D eigenvalue weighted by molar-refractivity contribution is 5.70. The van der Waals surface area contributed by atoms with Crippen molar-refractivity contribution in [2.75, 3.05) is 24.6 Å². The summed E-state index contributed by atoms with van der Waals surface area (Å²) >= 11 is 0. The number of aliphatic hydroxyl groups is 2. The number of nitro groups is 1. The second kappa shape index (κ2) is 5.41. The number of nitrogens with zero attached hydrogens (tertiary/aromatic N) is 2. The molecule has 1 aromatic rings. The third kappa shape index (κ3) is 2.61. The highest BCUT2D eigenvalue weighted by atomic mass is 16.6. The molecule has 0 bridgehead atoms. The fourth-order valence-electron chi connectivity index (χ4n) is 2.19. The Morgan fingerprint density at radius 2 is 2.05 bits per heavy atom. The quantitative estimate of drug-likeness (QED) is 0.611. The van der Waals surface area contributed by atoms with E-state index in [4.69, 9.17) is 4.74 Å². The topological polar surface area (TPSA) is 96.1 Å². The molecular weight excluding hydrogens is 252 g/mol. The normalized spacial score (nSPS) is 22.6. The van der Waals surface area contributed by atoms with Gasteiger partial charge in [-0.15, -0.1) is 0 Å². The molecule has 2 rings (SSSR count). The molecule has 1 aliphatic rings. The molecule has 0 spiro atoms. The van der Waals surface area contributed by atoms with Crippen molar-refractivity contribution in [1.82, 2.24) is 0 Å². The second-order valence-electron chi connectivity index (χ2n) is 4.35. The Morgan fingerprint density at radius 1 is 1.42 bits per heavy atom. The van der Waals surface area contributed by atoms with E-state index in [0.29, 0.717) is 12.3 Å². The van der Waals surface area contributed by atoms with Gasteiger partial charge in [0, 0.05) is 13.1 Å². The van der Waals surface area contributed by atoms with Crippen molar-refractivity contribution < 1.29 is 19.9 Å². The predicted molar refractivity (Wildman–Crippen MR) is 68.5 cm³/mol. The summed E-state index contributed by atoms with van der Waals surface area (Å²) in [7, 11) is 0. The molecule has 1 saturated heterocycles. The van der Waals surface area contributed by atoms with Gasteiger partial charge < -0.3 is 19.8 Å². The molecule has 1 fully saturated rings. The first-order valence-corrected chi connectivity index (χ1v) is 6.05. The highest BCUT2D eigenvalue weighted by Crippen LogP contribution is 2.38. The average molecular weight is 268 g/mol. The number of aliphatic hydroxyl groups excluding tert-OH is 2. The van der Waals surface area contributed by atoms with Crippen LogP contribution in [0.25, 0.3) is 0 Å². The average Bonchev–Trinajstić information content (AvgIpc) is 2.69. The van der Waals surface area contributed by atoms with Crippen molar-refractivity contribution in [3.63, 3.8) is 0 Å². The zero-order valence-electron chi connectivity index (χ0n) is 10.5. The predicted octanol–water partition coefficient (Wildman–Crippen LogP) is 0.535. The van der Waals surface area contributed by atoms with Crippen molar-refractivity contribution in [2.24, 2.45) is 0 Å². The fourth-order valence-corrected chi connectivity index (χ4v) is 2.19. The van der Waals surface area contributed by atoms with Crippen LogP contribution in [0.15, 0.2) is 18.2 Å². The molecule has 0 saturated carbocycles. The summed E-state index contributed by atoms with van der Waals surface area (Å²) in [5.74, 6) is 0.195. The number of hydrogen-bond donors (Lipinski definition) is 2. The van der Waals surface area contributed by atoms with E-state index in [9.17, 15) is 20.3 Å². The van der Waals surface area contributed by atoms with Gasteiger partial charge in [0.1, 0.15) is 5.69 Å². The van der Waals surface area contributed by atoms with Gasteiger partial charge >= 0.3 is 5.69 Å². The first kappa shape index (κ1) is 13.6. The van der Waals surface area contributed by atoms with Crippen LogP contribution in [0.2, 0.25) is 0 Å². The minimum absolute atomic E-state index is 0.134. The molecule has 1 aromatic carbocycles. The Bertz CT molecular complexity index is 469. The second-order valence-corrected chi connectivity index (χ2v) is 4.35. The maximum absolute atomic E-state index is 11.2. The molecule has 0 aromatic heterocycles. The molecule has 0 amide bonds. The number of rotatable bonds is 4. The maximum Gasteiger partial charge on any atom is 0.333 e. The molecule has 0 radical (unpaired) electrons. The molecule has 2 atom stereocenters. The van der Waals surface area contributed by atoms with Crippen LogP contribution >= 0.6 is 0 Å². The van der Waals surface area contributed by atoms with Crippen LogP contribution in [0.5, 0.6) is 5.75 Å². The number of β-amino-alcohol motifs (C(OH)–C–C–N with tert-alkyl or cyclic N) is 2. The lowest BCUT2D eigenvalue weighted by Gasteiger charge is -2.18. The Hall–Kier alpha value is -1.86. The maximum atomic E-state index is 11.2. The third-order valence-corrected chi connectivity index (χ3v) is 3.06. The lowest BCUT2D eigenvalue weighted by atomic mass is 10.2. The Kier molecular flexibility index (Phi) is 3.87. The highest BCUT2D eigenvalue weighted by Gasteiger charge is 2.34. The zero-order chi connectivity index (χ0) is 14.0. The van der Waals surface area contributed by atoms with Gasteiger partial charge in [-0.05, 0) is 19.1 Å². The van der Waals surface area contributed by atoms with Crippen LogP contribution < -0.4 is 9.64 Å². The van der Waals surface area contributed by atoms with E-state index in [-0.39, 0.29) is 24.5 Å². The van der Waals surface area contributed by atoms with E-state index >= 15 is 0 Å². The summed E-state index contributed by atoms with van der Waals surface area (Å²) in [4.78, 5) is 12.3. The van der Waals surface area contributed by atoms with Gasteiger partial charge in [-0.2, -0.15) is 0 Å². The Morgan fingerprint density at radius 3 is 2.58 bits per heavy atom. The van der Waals surface area contributed by atoms with Gasteiger partial charge in [0.2, 0.25) is 0 Å². The van der Waals surface area contributed by atoms with E-state index in [2.05, 4.69) is 0 Å². The molecule has 1 heterocycles. The molecule has 7 nitrogen and oxygen atoms in total. The van der Waals surface area contributed by atoms with Crippen molar-refractivity contribution >= 4 is 11.4 Å². The Balaban J connectivity index is 2.40. The van der Waals surface area contributed by atoms with Crippen LogP contribution in [0.1, 0.15) is 6.92 Å². The van der Waals surface area contributed by atoms with E-state index in [1.54, 1.807) is 24.0 Å². The van der Waals surface area contributed by atoms with Crippen molar-refractivity contribution in [3.8, 4) is 5.75 Å². The van der Waals surface area contributed by atoms with Gasteiger partial charge in [0.25, 0.3) is 0 Å². The summed E-state index contributed by atoms with van der Waals surface area (Å²) in [5.41, 5.74) is 0.220. The van der Waals surface area contributed by atoms with Gasteiger partial charge in [-0.3, -0.25) is 10.1 Å². The molecule has 7 heteroatoms. The molecule has 2 N–H and O–H groups in total. The SMILES string of the molecule is CCOc1cccc(N2CC(O)C(O)C2)c1[N+](=O)[O-]. The smallest absolute Gasteiger partial charge is 0.333 e. The number of para-hydroxylation sites is 1. The van der Waals surface area contributed by atoms with Crippen molar-refractivity contribution in [2.45, 2.75) is 19.1 Å². The monoisotopic (exact) mass is 268 g/mol. The first-order chi connectivity index (χ1) is 9.04. The Labute approximate surface area is 110 Å². The lowest BCUT2D eigenvalue weighted by molar-refractivity contribution is -0.385. The van der Waals surface area contributed by atoms with Gasteiger partial charge in [-0.25, -0.2) is 0 Å². The number of ether oxygens (including phenoxy) is 1. The van der Waals surface area contributed by atoms with E-state index in [1.807, 2.05) is 0 Å². The number of hydrogen-bond acceptors (Lipinski definition) is 6. The number of nitro benzene ring substituents is 1. The standard InChI is InChI=1S/C12H16N2O5/c1-2-19-11-5-3-4-8(12(11)14(17)18)13-6-9(15)10(16)7-13/h3-5,9-10,15-16H,2,6-7H2,1H3. The van der Waals surface area contributed by atoms with E-state index < -0.39 is 17.1 Å². The van der Waals surface area contributed by atoms with Crippen LogP contribution in [-0.2, 0) is 0 Å². The molecule has 1 aliphatic heterocycles. The van der Waals surface area contributed by atoms with Gasteiger partial charge in [-0.1, -0.05) is 6.07 Å². The van der Waals surface area contributed by atoms with E-state index in [0.717, 1.165) is 0 Å². The van der Waals surface area contributed by atoms with Crippen molar-refractivity contribution in [1.29, 1.82) is 0 Å². The van der Waals surface area contributed by atoms with Gasteiger partial charge in [0.05, 0.1) is 23.7 Å². The third-order valence-electron chi connectivity index (χ3n) is 3.06. The molecular formula is C12H16N2O5. The first-order valence-electron chi connectivity index (χ1n) is 6.05. The summed E-state index contributed by atoms with van der Waals surface area (Å²) in [6.45, 7) is 2.41. The number of benzene rings is 1. The number of anilines is 1. The molecule has 2 unspecified atom stereocenters. The van der Waals surface area contributed by atoms with E-state index in [1.165, 1.54) is 6.07 Å². The van der Waals surface area contributed by atoms with Crippen LogP contribution in [0.4, 0.5) is 11.4 Å². The minimum Gasteiger partial charge on any atom is -0.487 e. The summed E-state index contributed by atoms with van der Waals surface area (Å²) in [5, 5.41) is 30.3. The molecule has 0 aliphatic carbocycles. The van der Waals surface area contributed by atoms with Crippen LogP contribution in [0.3, 0.4) is 0 Å². The zero-order valence-corrected chi connectivity index (χ0v) is 10.5. The van der Waals surface area contributed by atoms with Gasteiger partial charge in [0.15, 0.2) is 5.75 Å². The fraction of sp³-hybridized carbons (Fsp3) is 0.500. The largest absolute Gasteiger partial charge is 0.487 e. The summed E-state index contributed by atoms with van der Waals surface area (Å²) in [6, 6.07) is 4.78. The molecule has 19 heavy (non-hydrogen) atoms. The lowest BCUT2D eigenvalue weighted by Crippen LogP contribution is -2.22. The minimum atomic E-state index is -0.893. The van der Waals surface area contributed by atoms with Crippen molar-refractivity contribution in [3.05, 3.63) is 28.3 Å². The van der Waals surface area contributed by atoms with Crippen LogP contribution in [-0.4, -0.2) is 47.0 Å². The summed E-state index contributed by atoms with van der Waals surface area (Å²) < 4.78 is 5.26. The van der Waals surface area contributed by atoms with Crippen LogP contribution in [0, 0.1) is 10.1 Å². The molecule has 104 valence electrons. The summed E-state index contributed by atoms with van der Waals surface area (Å²) in [6.07, 6.45) is -1.79.